The number of aliphatic hydroxyl groups is 1. The summed E-state index contributed by atoms with van der Waals surface area (Å²) in [6.07, 6.45) is 2.65. The van der Waals surface area contributed by atoms with E-state index in [1.54, 1.807) is 47.3 Å². The molecule has 8 nitrogen and oxygen atoms in total. The van der Waals surface area contributed by atoms with E-state index in [-0.39, 0.29) is 19.0 Å². The molecule has 4 aromatic rings. The second-order valence-corrected chi connectivity index (χ2v) is 6.28. The van der Waals surface area contributed by atoms with E-state index in [0.29, 0.717) is 16.7 Å². The highest BCUT2D eigenvalue weighted by atomic mass is 16.4. The number of hydrogen-bond donors (Lipinski definition) is 2. The van der Waals surface area contributed by atoms with Crippen molar-refractivity contribution in [2.45, 2.75) is 12.6 Å². The minimum atomic E-state index is -0.867. The Morgan fingerprint density at radius 1 is 1.14 bits per heavy atom. The number of para-hydroxylation sites is 2. The van der Waals surface area contributed by atoms with Crippen molar-refractivity contribution in [1.82, 2.24) is 19.7 Å². The zero-order valence-corrected chi connectivity index (χ0v) is 14.9. The topological polar surface area (TPSA) is 102 Å². The molecule has 1 amide bonds. The van der Waals surface area contributed by atoms with Crippen molar-refractivity contribution in [1.29, 1.82) is 0 Å². The summed E-state index contributed by atoms with van der Waals surface area (Å²) in [5.74, 6) is -0.980. The Balaban J connectivity index is 1.38. The summed E-state index contributed by atoms with van der Waals surface area (Å²) in [4.78, 5) is 24.1. The zero-order valence-electron chi connectivity index (χ0n) is 14.9. The highest BCUT2D eigenvalue weighted by Crippen LogP contribution is 2.15. The maximum Gasteiger partial charge on any atom is 0.420 e. The molecular weight excluding hydrogens is 360 g/mol. The molecule has 1 atom stereocenters. The van der Waals surface area contributed by atoms with Gasteiger partial charge in [-0.05, 0) is 35.9 Å². The molecule has 2 aromatic heterocycles. The summed E-state index contributed by atoms with van der Waals surface area (Å²) >= 11 is 0. The fourth-order valence-electron chi connectivity index (χ4n) is 2.96. The number of amides is 1. The second-order valence-electron chi connectivity index (χ2n) is 6.28. The van der Waals surface area contributed by atoms with Gasteiger partial charge in [0.1, 0.15) is 6.54 Å². The monoisotopic (exact) mass is 378 g/mol. The largest absolute Gasteiger partial charge is 0.420 e. The first-order valence-corrected chi connectivity index (χ1v) is 8.75. The molecule has 2 N–H and O–H groups in total. The Morgan fingerprint density at radius 2 is 1.93 bits per heavy atom. The van der Waals surface area contributed by atoms with Gasteiger partial charge in [0.25, 0.3) is 0 Å². The van der Waals surface area contributed by atoms with Crippen LogP contribution in [0.2, 0.25) is 0 Å². The molecule has 0 saturated carbocycles. The molecule has 142 valence electrons. The maximum atomic E-state index is 12.2. The highest BCUT2D eigenvalue weighted by Gasteiger charge is 2.14. The first kappa shape index (κ1) is 17.7. The number of carbonyl (C=O) groups is 1. The maximum absolute atomic E-state index is 12.2. The normalized spacial score (nSPS) is 12.2. The Morgan fingerprint density at radius 3 is 2.68 bits per heavy atom. The molecular formula is C20H18N4O4. The lowest BCUT2D eigenvalue weighted by molar-refractivity contribution is -0.122. The van der Waals surface area contributed by atoms with E-state index in [9.17, 15) is 14.7 Å². The van der Waals surface area contributed by atoms with Crippen LogP contribution in [0.4, 0.5) is 0 Å². The molecule has 28 heavy (non-hydrogen) atoms. The third-order valence-corrected chi connectivity index (χ3v) is 4.41. The van der Waals surface area contributed by atoms with E-state index in [2.05, 4.69) is 10.4 Å². The van der Waals surface area contributed by atoms with E-state index in [1.807, 2.05) is 24.4 Å². The van der Waals surface area contributed by atoms with Crippen molar-refractivity contribution in [3.05, 3.63) is 83.1 Å². The SMILES string of the molecule is O=C(Cn1c(=O)oc2ccccc21)NCC(O)c1ccc(-n2cccn2)cc1. The van der Waals surface area contributed by atoms with Gasteiger partial charge in [-0.15, -0.1) is 0 Å². The summed E-state index contributed by atoms with van der Waals surface area (Å²) in [7, 11) is 0. The number of rotatable bonds is 6. The molecule has 0 bridgehead atoms. The molecule has 0 saturated heterocycles. The van der Waals surface area contributed by atoms with E-state index < -0.39 is 11.9 Å². The van der Waals surface area contributed by atoms with E-state index >= 15 is 0 Å². The fraction of sp³-hybridized carbons (Fsp3) is 0.150. The molecule has 0 spiro atoms. The number of aliphatic hydroxyl groups excluding tert-OH is 1. The smallest absolute Gasteiger partial charge is 0.408 e. The van der Waals surface area contributed by atoms with Gasteiger partial charge in [-0.25, -0.2) is 9.48 Å². The van der Waals surface area contributed by atoms with E-state index in [4.69, 9.17) is 4.42 Å². The predicted molar refractivity (Wildman–Crippen MR) is 102 cm³/mol. The van der Waals surface area contributed by atoms with E-state index in [1.165, 1.54) is 4.57 Å². The van der Waals surface area contributed by atoms with Gasteiger partial charge in [-0.1, -0.05) is 24.3 Å². The highest BCUT2D eigenvalue weighted by molar-refractivity contribution is 5.79. The Bertz CT molecular complexity index is 1140. The average Bonchev–Trinajstić information content (AvgIpc) is 3.35. The molecule has 0 radical (unpaired) electrons. The van der Waals surface area contributed by atoms with Crippen LogP contribution in [0.1, 0.15) is 11.7 Å². The van der Waals surface area contributed by atoms with Crippen LogP contribution in [0.25, 0.3) is 16.8 Å². The predicted octanol–water partition coefficient (Wildman–Crippen LogP) is 1.63. The van der Waals surface area contributed by atoms with Crippen molar-refractivity contribution in [3.8, 4) is 5.69 Å². The van der Waals surface area contributed by atoms with Crippen molar-refractivity contribution in [2.24, 2.45) is 0 Å². The molecule has 0 aliphatic carbocycles. The molecule has 0 aliphatic heterocycles. The molecule has 1 unspecified atom stereocenters. The van der Waals surface area contributed by atoms with Gasteiger partial charge in [0, 0.05) is 18.9 Å². The third kappa shape index (κ3) is 3.58. The van der Waals surface area contributed by atoms with Gasteiger partial charge >= 0.3 is 5.76 Å². The molecule has 0 fully saturated rings. The summed E-state index contributed by atoms with van der Waals surface area (Å²) in [6.45, 7) is -0.148. The van der Waals surface area contributed by atoms with Crippen LogP contribution in [0, 0.1) is 0 Å². The number of nitrogens with zero attached hydrogens (tertiary/aromatic N) is 3. The van der Waals surface area contributed by atoms with Crippen LogP contribution in [0.3, 0.4) is 0 Å². The number of hydrogen-bond acceptors (Lipinski definition) is 5. The van der Waals surface area contributed by atoms with Gasteiger partial charge in [0.05, 0.1) is 17.3 Å². The first-order valence-electron chi connectivity index (χ1n) is 8.75. The lowest BCUT2D eigenvalue weighted by atomic mass is 10.1. The quantitative estimate of drug-likeness (QED) is 0.531. The number of fused-ring (bicyclic) bond motifs is 1. The van der Waals surface area contributed by atoms with Crippen LogP contribution < -0.4 is 11.1 Å². The Hall–Kier alpha value is -3.65. The molecule has 2 aromatic carbocycles. The Labute approximate surface area is 159 Å². The summed E-state index contributed by atoms with van der Waals surface area (Å²) in [5.41, 5.74) is 2.52. The van der Waals surface area contributed by atoms with Crippen molar-refractivity contribution >= 4 is 17.0 Å². The third-order valence-electron chi connectivity index (χ3n) is 4.41. The van der Waals surface area contributed by atoms with Crippen molar-refractivity contribution in [2.75, 3.05) is 6.54 Å². The standard InChI is InChI=1S/C20H18N4O4/c25-17(14-6-8-15(9-7-14)24-11-3-10-22-24)12-21-19(26)13-23-16-4-1-2-5-18(16)28-20(23)27/h1-11,17,25H,12-13H2,(H,21,26). The van der Waals surface area contributed by atoms with Crippen molar-refractivity contribution < 1.29 is 14.3 Å². The van der Waals surface area contributed by atoms with Gasteiger partial charge in [-0.3, -0.25) is 9.36 Å². The lowest BCUT2D eigenvalue weighted by Gasteiger charge is -2.13. The summed E-state index contributed by atoms with van der Waals surface area (Å²) in [5, 5.41) is 17.1. The average molecular weight is 378 g/mol. The number of nitrogens with one attached hydrogen (secondary N) is 1. The summed E-state index contributed by atoms with van der Waals surface area (Å²) < 4.78 is 8.08. The lowest BCUT2D eigenvalue weighted by Crippen LogP contribution is -2.33. The number of benzene rings is 2. The zero-order chi connectivity index (χ0) is 19.5. The van der Waals surface area contributed by atoms with Crippen LogP contribution in [0.15, 0.2) is 76.2 Å². The minimum Gasteiger partial charge on any atom is -0.408 e. The number of aromatic nitrogens is 3. The van der Waals surface area contributed by atoms with Gasteiger partial charge in [0.15, 0.2) is 5.58 Å². The first-order chi connectivity index (χ1) is 13.6. The fourth-order valence-corrected chi connectivity index (χ4v) is 2.96. The molecule has 8 heteroatoms. The van der Waals surface area contributed by atoms with Gasteiger partial charge < -0.3 is 14.8 Å². The Kier molecular flexibility index (Phi) is 4.77. The summed E-state index contributed by atoms with van der Waals surface area (Å²) in [6, 6.07) is 16.0. The van der Waals surface area contributed by atoms with Crippen LogP contribution in [-0.2, 0) is 11.3 Å². The van der Waals surface area contributed by atoms with Crippen molar-refractivity contribution in [3.63, 3.8) is 0 Å². The van der Waals surface area contributed by atoms with Crippen LogP contribution >= 0.6 is 0 Å². The molecule has 2 heterocycles. The van der Waals surface area contributed by atoms with Gasteiger partial charge in [-0.2, -0.15) is 5.10 Å². The molecule has 0 aliphatic rings. The van der Waals surface area contributed by atoms with Crippen LogP contribution in [0.5, 0.6) is 0 Å². The number of carbonyl (C=O) groups excluding carboxylic acids is 1. The molecule has 4 rings (SSSR count). The minimum absolute atomic E-state index is 0.0322. The van der Waals surface area contributed by atoms with Gasteiger partial charge in [0.2, 0.25) is 5.91 Å². The van der Waals surface area contributed by atoms with E-state index in [0.717, 1.165) is 5.69 Å². The number of oxazole rings is 1. The second kappa shape index (κ2) is 7.53. The van der Waals surface area contributed by atoms with Crippen LogP contribution in [-0.4, -0.2) is 31.9 Å².